The van der Waals surface area contributed by atoms with Crippen molar-refractivity contribution in [1.29, 1.82) is 0 Å². The Balaban J connectivity index is 2.65. The summed E-state index contributed by atoms with van der Waals surface area (Å²) in [4.78, 5) is 0.509. The van der Waals surface area contributed by atoms with Crippen LogP contribution in [0.2, 0.25) is 0 Å². The number of aryl methyl sites for hydroxylation is 1. The third-order valence-corrected chi connectivity index (χ3v) is 0.874. The Labute approximate surface area is 60.0 Å². The van der Waals surface area contributed by atoms with Gasteiger partial charge in [-0.25, -0.2) is 0 Å². The Hall–Kier alpha value is -1.14. The summed E-state index contributed by atoms with van der Waals surface area (Å²) < 4.78 is 34.9. The molecular formula is C4H5F3N4. The molecule has 0 N–H and O–H groups in total. The number of tetrazole rings is 1. The third-order valence-electron chi connectivity index (χ3n) is 0.874. The van der Waals surface area contributed by atoms with Gasteiger partial charge >= 0.3 is 6.18 Å². The Morgan fingerprint density at radius 1 is 1.45 bits per heavy atom. The molecule has 0 aromatic carbocycles. The number of aromatic nitrogens is 4. The summed E-state index contributed by atoms with van der Waals surface area (Å²) in [5, 5.41) is 9.81. The molecule has 0 spiro atoms. The Kier molecular flexibility index (Phi) is 1.79. The van der Waals surface area contributed by atoms with Crippen LogP contribution in [-0.2, 0) is 6.54 Å². The third kappa shape index (κ3) is 2.52. The lowest BCUT2D eigenvalue weighted by Crippen LogP contribution is -2.19. The highest BCUT2D eigenvalue weighted by atomic mass is 19.4. The first kappa shape index (κ1) is 7.96. The number of hydrogen-bond donors (Lipinski definition) is 0. The van der Waals surface area contributed by atoms with Gasteiger partial charge < -0.3 is 0 Å². The maximum absolute atomic E-state index is 11.6. The quantitative estimate of drug-likeness (QED) is 0.611. The van der Waals surface area contributed by atoms with Crippen LogP contribution in [0, 0.1) is 6.92 Å². The molecule has 4 nitrogen and oxygen atoms in total. The fourth-order valence-corrected chi connectivity index (χ4v) is 0.551. The number of nitrogens with zero attached hydrogens (tertiary/aromatic N) is 4. The molecule has 1 aromatic rings. The first-order valence-corrected chi connectivity index (χ1v) is 2.78. The minimum absolute atomic E-state index is 0.231. The average molecular weight is 166 g/mol. The van der Waals surface area contributed by atoms with Crippen molar-refractivity contribution in [3.63, 3.8) is 0 Å². The van der Waals surface area contributed by atoms with Crippen LogP contribution < -0.4 is 0 Å². The van der Waals surface area contributed by atoms with Crippen LogP contribution in [0.3, 0.4) is 0 Å². The number of hydrogen-bond acceptors (Lipinski definition) is 3. The van der Waals surface area contributed by atoms with Gasteiger partial charge in [0.05, 0.1) is 0 Å². The average Bonchev–Trinajstić information content (AvgIpc) is 2.10. The summed E-state index contributed by atoms with van der Waals surface area (Å²) in [6.07, 6.45) is -4.28. The van der Waals surface area contributed by atoms with E-state index in [1.807, 2.05) is 0 Å². The van der Waals surface area contributed by atoms with Crippen LogP contribution in [-0.4, -0.2) is 26.4 Å². The van der Waals surface area contributed by atoms with Gasteiger partial charge in [0.15, 0.2) is 12.4 Å². The molecule has 0 aliphatic heterocycles. The van der Waals surface area contributed by atoms with Crippen LogP contribution in [0.5, 0.6) is 0 Å². The lowest BCUT2D eigenvalue weighted by atomic mass is 10.7. The minimum atomic E-state index is -4.28. The first-order chi connectivity index (χ1) is 4.97. The molecule has 62 valence electrons. The maximum atomic E-state index is 11.6. The molecule has 11 heavy (non-hydrogen) atoms. The summed E-state index contributed by atoms with van der Waals surface area (Å²) in [5.41, 5.74) is 0. The van der Waals surface area contributed by atoms with E-state index in [-0.39, 0.29) is 5.82 Å². The summed E-state index contributed by atoms with van der Waals surface area (Å²) >= 11 is 0. The molecule has 0 atom stereocenters. The summed E-state index contributed by atoms with van der Waals surface area (Å²) in [6, 6.07) is 0. The van der Waals surface area contributed by atoms with Crippen molar-refractivity contribution >= 4 is 0 Å². The smallest absolute Gasteiger partial charge is 0.169 e. The zero-order chi connectivity index (χ0) is 8.48. The lowest BCUT2D eigenvalue weighted by Gasteiger charge is -2.02. The van der Waals surface area contributed by atoms with E-state index in [2.05, 4.69) is 15.4 Å². The van der Waals surface area contributed by atoms with Gasteiger partial charge in [-0.2, -0.15) is 18.0 Å². The molecule has 0 aliphatic carbocycles. The van der Waals surface area contributed by atoms with E-state index in [9.17, 15) is 13.2 Å². The van der Waals surface area contributed by atoms with E-state index in [1.165, 1.54) is 6.92 Å². The molecule has 1 heterocycles. The second-order valence-electron chi connectivity index (χ2n) is 1.98. The molecule has 1 rings (SSSR count). The minimum Gasteiger partial charge on any atom is -0.169 e. The van der Waals surface area contributed by atoms with E-state index >= 15 is 0 Å². The van der Waals surface area contributed by atoms with Crippen LogP contribution in [0.4, 0.5) is 13.2 Å². The summed E-state index contributed by atoms with van der Waals surface area (Å²) in [6.45, 7) is 0.285. The van der Waals surface area contributed by atoms with Crippen molar-refractivity contribution in [1.82, 2.24) is 20.2 Å². The largest absolute Gasteiger partial charge is 0.409 e. The SMILES string of the molecule is Cc1nnn(CC(F)(F)F)n1. The van der Waals surface area contributed by atoms with Crippen LogP contribution in [0.1, 0.15) is 5.82 Å². The van der Waals surface area contributed by atoms with Crippen molar-refractivity contribution in [3.05, 3.63) is 5.82 Å². The molecule has 0 fully saturated rings. The number of alkyl halides is 3. The van der Waals surface area contributed by atoms with Gasteiger partial charge in [0.1, 0.15) is 0 Å². The maximum Gasteiger partial charge on any atom is 0.409 e. The summed E-state index contributed by atoms with van der Waals surface area (Å²) in [7, 11) is 0. The Bertz CT molecular complexity index is 240. The molecule has 0 saturated carbocycles. The fraction of sp³-hybridized carbons (Fsp3) is 0.750. The number of rotatable bonds is 1. The second-order valence-corrected chi connectivity index (χ2v) is 1.98. The molecule has 0 radical (unpaired) electrons. The van der Waals surface area contributed by atoms with Gasteiger partial charge in [0, 0.05) is 0 Å². The second kappa shape index (κ2) is 2.48. The van der Waals surface area contributed by atoms with E-state index in [0.29, 0.717) is 4.80 Å². The van der Waals surface area contributed by atoms with Crippen LogP contribution in [0.25, 0.3) is 0 Å². The lowest BCUT2D eigenvalue weighted by molar-refractivity contribution is -0.145. The molecule has 1 aromatic heterocycles. The number of halogens is 3. The van der Waals surface area contributed by atoms with E-state index in [0.717, 1.165) is 0 Å². The van der Waals surface area contributed by atoms with Crippen LogP contribution >= 0.6 is 0 Å². The predicted molar refractivity (Wildman–Crippen MR) is 28.6 cm³/mol. The van der Waals surface area contributed by atoms with Gasteiger partial charge in [0.25, 0.3) is 0 Å². The van der Waals surface area contributed by atoms with E-state index < -0.39 is 12.7 Å². The highest BCUT2D eigenvalue weighted by Gasteiger charge is 2.29. The summed E-state index contributed by atoms with van der Waals surface area (Å²) in [5.74, 6) is 0.231. The molecular weight excluding hydrogens is 161 g/mol. The van der Waals surface area contributed by atoms with Gasteiger partial charge in [-0.3, -0.25) is 0 Å². The zero-order valence-electron chi connectivity index (χ0n) is 5.63. The molecule has 0 saturated heterocycles. The standard InChI is InChI=1S/C4H5F3N4/c1-3-8-10-11(9-3)2-4(5,6)7/h2H2,1H3. The molecule has 0 amide bonds. The van der Waals surface area contributed by atoms with E-state index in [4.69, 9.17) is 0 Å². The fourth-order valence-electron chi connectivity index (χ4n) is 0.551. The van der Waals surface area contributed by atoms with E-state index in [1.54, 1.807) is 0 Å². The molecule has 7 heteroatoms. The molecule has 0 aliphatic rings. The first-order valence-electron chi connectivity index (χ1n) is 2.78. The van der Waals surface area contributed by atoms with Gasteiger partial charge in [-0.1, -0.05) is 0 Å². The molecule has 0 unspecified atom stereocenters. The predicted octanol–water partition coefficient (Wildman–Crippen LogP) is 0.544. The Morgan fingerprint density at radius 3 is 2.45 bits per heavy atom. The molecule has 0 bridgehead atoms. The van der Waals surface area contributed by atoms with Crippen molar-refractivity contribution in [3.8, 4) is 0 Å². The van der Waals surface area contributed by atoms with Crippen molar-refractivity contribution in [2.45, 2.75) is 19.6 Å². The monoisotopic (exact) mass is 166 g/mol. The normalized spacial score (nSPS) is 12.0. The van der Waals surface area contributed by atoms with Crippen molar-refractivity contribution in [2.75, 3.05) is 0 Å². The van der Waals surface area contributed by atoms with Gasteiger partial charge in [-0.05, 0) is 12.1 Å². The zero-order valence-corrected chi connectivity index (χ0v) is 5.63. The Morgan fingerprint density at radius 2 is 2.09 bits per heavy atom. The van der Waals surface area contributed by atoms with Gasteiger partial charge in [0.2, 0.25) is 0 Å². The highest BCUT2D eigenvalue weighted by molar-refractivity contribution is 4.67. The topological polar surface area (TPSA) is 43.6 Å². The van der Waals surface area contributed by atoms with Crippen molar-refractivity contribution < 1.29 is 13.2 Å². The highest BCUT2D eigenvalue weighted by Crippen LogP contribution is 2.15. The van der Waals surface area contributed by atoms with Gasteiger partial charge in [-0.15, -0.1) is 10.2 Å². The van der Waals surface area contributed by atoms with Crippen LogP contribution in [0.15, 0.2) is 0 Å². The van der Waals surface area contributed by atoms with Crippen molar-refractivity contribution in [2.24, 2.45) is 0 Å².